The molecule has 11 heavy (non-hydrogen) atoms. The predicted octanol–water partition coefficient (Wildman–Crippen LogP) is 2.30. The molecule has 0 aliphatic rings. The number of carbonyl (C=O) groups excluding carboxylic acids is 1. The van der Waals surface area contributed by atoms with Crippen molar-refractivity contribution in [2.24, 2.45) is 0 Å². The van der Waals surface area contributed by atoms with Crippen LogP contribution in [0.15, 0.2) is 30.3 Å². The molecule has 0 bridgehead atoms. The Bertz CT molecular complexity index is 209. The maximum atomic E-state index is 10.5. The molecule has 0 heterocycles. The van der Waals surface area contributed by atoms with Gasteiger partial charge in [0, 0.05) is 5.56 Å². The molecular weight excluding hydrogens is 176 g/mol. The minimum absolute atomic E-state index is 0.185. The van der Waals surface area contributed by atoms with Crippen LogP contribution in [0.1, 0.15) is 10.4 Å². The zero-order valence-corrected chi connectivity index (χ0v) is 7.98. The molecule has 0 aromatic heterocycles. The molecule has 0 amide bonds. The number of benzene rings is 1. The van der Waals surface area contributed by atoms with Crippen molar-refractivity contribution in [3.63, 3.8) is 0 Å². The quantitative estimate of drug-likeness (QED) is 0.644. The zero-order valence-electron chi connectivity index (χ0n) is 6.19. The molecule has 0 radical (unpaired) electrons. The molecule has 0 aliphatic heterocycles. The maximum Gasteiger partial charge on any atom is 0.216 e. The van der Waals surface area contributed by atoms with Crippen LogP contribution in [-0.4, -0.2) is 11.4 Å². The van der Waals surface area contributed by atoms with Crippen molar-refractivity contribution in [3.05, 3.63) is 35.9 Å². The third-order valence-electron chi connectivity index (χ3n) is 1.02. The first kappa shape index (κ1) is 10.6. The molecule has 3 heteroatoms. The van der Waals surface area contributed by atoms with Gasteiger partial charge in [0.15, 0.2) is 0 Å². The molecule has 0 N–H and O–H groups in total. The molecule has 0 saturated heterocycles. The summed E-state index contributed by atoms with van der Waals surface area (Å²) in [5.41, 5.74) is 0.640. The molecule has 1 rings (SSSR count). The third kappa shape index (κ3) is 4.11. The Hall–Kier alpha value is -0.410. The Morgan fingerprint density at radius 3 is 1.91 bits per heavy atom. The first-order valence-electron chi connectivity index (χ1n) is 3.04. The summed E-state index contributed by atoms with van der Waals surface area (Å²) in [4.78, 5) is 10.5. The van der Waals surface area contributed by atoms with E-state index in [1.165, 1.54) is 0 Å². The molecule has 1 nitrogen and oxygen atoms in total. The van der Waals surface area contributed by atoms with Crippen LogP contribution in [0.5, 0.6) is 0 Å². The molecule has 0 spiro atoms. The number of thiol groups is 2. The van der Waals surface area contributed by atoms with E-state index in [4.69, 9.17) is 0 Å². The molecule has 0 fully saturated rings. The lowest BCUT2D eigenvalue weighted by atomic mass is 10.2. The molecule has 0 saturated carbocycles. The summed E-state index contributed by atoms with van der Waals surface area (Å²) >= 11 is 7.18. The van der Waals surface area contributed by atoms with Gasteiger partial charge < -0.3 is 0 Å². The Labute approximate surface area is 77.6 Å². The normalized spacial score (nSPS) is 7.91. The highest BCUT2D eigenvalue weighted by Gasteiger charge is 1.94. The van der Waals surface area contributed by atoms with E-state index in [-0.39, 0.29) is 5.12 Å². The van der Waals surface area contributed by atoms with Crippen LogP contribution in [0.3, 0.4) is 0 Å². The van der Waals surface area contributed by atoms with E-state index in [1.54, 1.807) is 18.4 Å². The van der Waals surface area contributed by atoms with Crippen LogP contribution in [0.4, 0.5) is 0 Å². The number of carbonyl (C=O) groups is 1. The fourth-order valence-corrected chi connectivity index (χ4v) is 0.730. The molecular formula is C8H10OS2. The summed E-state index contributed by atoms with van der Waals surface area (Å²) in [6.07, 6.45) is 1.69. The Balaban J connectivity index is 0.000000461. The molecule has 1 aromatic carbocycles. The molecule has 0 aliphatic carbocycles. The smallest absolute Gasteiger partial charge is 0.216 e. The van der Waals surface area contributed by atoms with Crippen LogP contribution in [0.25, 0.3) is 0 Å². The lowest BCUT2D eigenvalue weighted by Crippen LogP contribution is -1.84. The fourth-order valence-electron chi connectivity index (χ4n) is 0.581. The second kappa shape index (κ2) is 6.31. The minimum Gasteiger partial charge on any atom is -0.282 e. The molecule has 0 unspecified atom stereocenters. The lowest BCUT2D eigenvalue weighted by molar-refractivity contribution is 0.109. The Morgan fingerprint density at radius 1 is 1.18 bits per heavy atom. The van der Waals surface area contributed by atoms with Crippen molar-refractivity contribution in [2.75, 3.05) is 6.26 Å². The highest BCUT2D eigenvalue weighted by molar-refractivity contribution is 7.97. The van der Waals surface area contributed by atoms with Gasteiger partial charge in [0.2, 0.25) is 5.12 Å². The van der Waals surface area contributed by atoms with Gasteiger partial charge in [0.1, 0.15) is 0 Å². The first-order chi connectivity index (χ1) is 5.30. The van der Waals surface area contributed by atoms with Gasteiger partial charge in [-0.25, -0.2) is 0 Å². The minimum atomic E-state index is -0.185. The molecule has 1 aromatic rings. The SMILES string of the molecule is CS.O=C(S)c1ccccc1. The summed E-state index contributed by atoms with van der Waals surface area (Å²) in [6.45, 7) is 0. The van der Waals surface area contributed by atoms with Crippen molar-refractivity contribution < 1.29 is 4.79 Å². The summed E-state index contributed by atoms with van der Waals surface area (Å²) in [5, 5.41) is -0.185. The van der Waals surface area contributed by atoms with Gasteiger partial charge in [-0.2, -0.15) is 12.6 Å². The average Bonchev–Trinajstić information content (AvgIpc) is 2.10. The van der Waals surface area contributed by atoms with Crippen LogP contribution >= 0.6 is 25.3 Å². The lowest BCUT2D eigenvalue weighted by Gasteiger charge is -1.88. The number of rotatable bonds is 1. The van der Waals surface area contributed by atoms with Crippen molar-refractivity contribution in [1.82, 2.24) is 0 Å². The molecule has 0 atom stereocenters. The van der Waals surface area contributed by atoms with Gasteiger partial charge in [-0.3, -0.25) is 4.79 Å². The highest BCUT2D eigenvalue weighted by Crippen LogP contribution is 2.00. The fraction of sp³-hybridized carbons (Fsp3) is 0.125. The topological polar surface area (TPSA) is 17.1 Å². The Kier molecular flexibility index (Phi) is 6.07. The predicted molar refractivity (Wildman–Crippen MR) is 54.7 cm³/mol. The van der Waals surface area contributed by atoms with E-state index in [0.717, 1.165) is 0 Å². The summed E-state index contributed by atoms with van der Waals surface area (Å²) in [5.74, 6) is 0. The van der Waals surface area contributed by atoms with Gasteiger partial charge in [0.25, 0.3) is 0 Å². The van der Waals surface area contributed by atoms with Crippen molar-refractivity contribution in [2.45, 2.75) is 0 Å². The monoisotopic (exact) mass is 186 g/mol. The van der Waals surface area contributed by atoms with E-state index < -0.39 is 0 Å². The van der Waals surface area contributed by atoms with Crippen molar-refractivity contribution >= 4 is 30.4 Å². The second-order valence-electron chi connectivity index (χ2n) is 1.67. The zero-order chi connectivity index (χ0) is 8.69. The summed E-state index contributed by atoms with van der Waals surface area (Å²) in [7, 11) is 0. The van der Waals surface area contributed by atoms with Gasteiger partial charge in [-0.15, -0.1) is 12.6 Å². The highest BCUT2D eigenvalue weighted by atomic mass is 32.1. The van der Waals surface area contributed by atoms with Gasteiger partial charge in [-0.05, 0) is 6.26 Å². The maximum absolute atomic E-state index is 10.5. The van der Waals surface area contributed by atoms with Crippen LogP contribution in [-0.2, 0) is 0 Å². The number of hydrogen-bond donors (Lipinski definition) is 2. The Morgan fingerprint density at radius 2 is 1.64 bits per heavy atom. The van der Waals surface area contributed by atoms with E-state index >= 15 is 0 Å². The van der Waals surface area contributed by atoms with Gasteiger partial charge in [-0.1, -0.05) is 30.3 Å². The standard InChI is InChI=1S/C7H6OS.CH4S/c8-7(9)6-4-2-1-3-5-6;1-2/h1-5H,(H,8,9);2H,1H3. The van der Waals surface area contributed by atoms with E-state index in [1.807, 2.05) is 18.2 Å². The van der Waals surface area contributed by atoms with Gasteiger partial charge >= 0.3 is 0 Å². The van der Waals surface area contributed by atoms with E-state index in [0.29, 0.717) is 5.56 Å². The summed E-state index contributed by atoms with van der Waals surface area (Å²) < 4.78 is 0. The second-order valence-corrected chi connectivity index (χ2v) is 2.08. The number of hydrogen-bond acceptors (Lipinski definition) is 2. The van der Waals surface area contributed by atoms with E-state index in [2.05, 4.69) is 25.3 Å². The van der Waals surface area contributed by atoms with Crippen LogP contribution in [0, 0.1) is 0 Å². The average molecular weight is 186 g/mol. The van der Waals surface area contributed by atoms with Gasteiger partial charge in [0.05, 0.1) is 0 Å². The van der Waals surface area contributed by atoms with Crippen molar-refractivity contribution in [1.29, 1.82) is 0 Å². The van der Waals surface area contributed by atoms with Crippen LogP contribution < -0.4 is 0 Å². The largest absolute Gasteiger partial charge is 0.282 e. The van der Waals surface area contributed by atoms with Crippen LogP contribution in [0.2, 0.25) is 0 Å². The third-order valence-corrected chi connectivity index (χ3v) is 1.28. The molecule has 60 valence electrons. The summed E-state index contributed by atoms with van der Waals surface area (Å²) in [6, 6.07) is 8.94. The van der Waals surface area contributed by atoms with Crippen molar-refractivity contribution in [3.8, 4) is 0 Å². The first-order valence-corrected chi connectivity index (χ1v) is 4.38. The van der Waals surface area contributed by atoms with E-state index in [9.17, 15) is 4.79 Å².